The molecule has 0 saturated carbocycles. The van der Waals surface area contributed by atoms with E-state index in [-0.39, 0.29) is 23.4 Å². The molecule has 24 heavy (non-hydrogen) atoms. The van der Waals surface area contributed by atoms with E-state index in [1.165, 1.54) is 6.33 Å². The van der Waals surface area contributed by atoms with E-state index in [2.05, 4.69) is 20.6 Å². The molecule has 1 aromatic heterocycles. The van der Waals surface area contributed by atoms with Gasteiger partial charge < -0.3 is 15.4 Å². The van der Waals surface area contributed by atoms with Gasteiger partial charge in [-0.3, -0.25) is 10.1 Å². The van der Waals surface area contributed by atoms with E-state index >= 15 is 0 Å². The third-order valence-electron chi connectivity index (χ3n) is 3.33. The molecule has 128 valence electrons. The fourth-order valence-corrected chi connectivity index (χ4v) is 2.32. The first-order valence-corrected chi connectivity index (χ1v) is 7.58. The maximum atomic E-state index is 11.5. The average Bonchev–Trinajstić information content (AvgIpc) is 2.52. The number of aromatic nitrogens is 2. The van der Waals surface area contributed by atoms with Crippen LogP contribution in [0.2, 0.25) is 5.02 Å². The molecule has 0 aliphatic heterocycles. The van der Waals surface area contributed by atoms with E-state index in [0.717, 1.165) is 5.56 Å². The Bertz CT molecular complexity index is 741. The zero-order valence-corrected chi connectivity index (χ0v) is 14.3. The van der Waals surface area contributed by atoms with Crippen LogP contribution in [0.5, 0.6) is 0 Å². The number of rotatable bonds is 7. The predicted molar refractivity (Wildman–Crippen MR) is 93.1 cm³/mol. The van der Waals surface area contributed by atoms with Crippen molar-refractivity contribution in [1.82, 2.24) is 9.97 Å². The summed E-state index contributed by atoms with van der Waals surface area (Å²) in [6.07, 6.45) is 1.26. The van der Waals surface area contributed by atoms with Crippen molar-refractivity contribution in [1.29, 1.82) is 0 Å². The van der Waals surface area contributed by atoms with Crippen LogP contribution in [-0.4, -0.2) is 34.6 Å². The summed E-state index contributed by atoms with van der Waals surface area (Å²) in [7, 11) is 1.56. The summed E-state index contributed by atoms with van der Waals surface area (Å²) in [5.74, 6) is 0.217. The number of hydrogen-bond donors (Lipinski definition) is 2. The largest absolute Gasteiger partial charge is 0.383 e. The first-order chi connectivity index (χ1) is 11.4. The normalized spacial score (nSPS) is 11.8. The van der Waals surface area contributed by atoms with E-state index in [9.17, 15) is 10.1 Å². The molecule has 1 atom stereocenters. The Hall–Kier alpha value is -2.45. The third-order valence-corrected chi connectivity index (χ3v) is 3.73. The van der Waals surface area contributed by atoms with Gasteiger partial charge >= 0.3 is 5.69 Å². The number of methoxy groups -OCH3 is 1. The highest BCUT2D eigenvalue weighted by Crippen LogP contribution is 2.33. The molecule has 0 aliphatic rings. The fourth-order valence-electron chi connectivity index (χ4n) is 2.14. The van der Waals surface area contributed by atoms with Crippen LogP contribution in [0.3, 0.4) is 0 Å². The number of ether oxygens (including phenoxy) is 1. The van der Waals surface area contributed by atoms with Gasteiger partial charge in [-0.2, -0.15) is 0 Å². The molecular formula is C15H18ClN5O3. The molecule has 2 N–H and O–H groups in total. The second kappa shape index (κ2) is 7.89. The monoisotopic (exact) mass is 351 g/mol. The lowest BCUT2D eigenvalue weighted by Gasteiger charge is -2.15. The molecule has 0 saturated heterocycles. The molecule has 0 amide bonds. The van der Waals surface area contributed by atoms with Gasteiger partial charge in [-0.1, -0.05) is 17.7 Å². The van der Waals surface area contributed by atoms with E-state index in [1.54, 1.807) is 25.3 Å². The second-order valence-electron chi connectivity index (χ2n) is 5.21. The summed E-state index contributed by atoms with van der Waals surface area (Å²) < 4.78 is 5.02. The van der Waals surface area contributed by atoms with Gasteiger partial charge in [0.15, 0.2) is 0 Å². The van der Waals surface area contributed by atoms with Crippen LogP contribution >= 0.6 is 11.6 Å². The molecule has 0 radical (unpaired) electrons. The second-order valence-corrected chi connectivity index (χ2v) is 5.62. The van der Waals surface area contributed by atoms with E-state index in [1.807, 2.05) is 13.8 Å². The van der Waals surface area contributed by atoms with Crippen molar-refractivity contribution < 1.29 is 9.66 Å². The molecule has 0 aliphatic carbocycles. The molecule has 0 spiro atoms. The summed E-state index contributed by atoms with van der Waals surface area (Å²) in [5.41, 5.74) is 1.18. The first-order valence-electron chi connectivity index (χ1n) is 7.21. The average molecular weight is 352 g/mol. The van der Waals surface area contributed by atoms with Gasteiger partial charge in [0, 0.05) is 23.9 Å². The van der Waals surface area contributed by atoms with Crippen molar-refractivity contribution in [3.8, 4) is 0 Å². The van der Waals surface area contributed by atoms with Crippen molar-refractivity contribution in [2.24, 2.45) is 0 Å². The quantitative estimate of drug-likeness (QED) is 0.581. The molecule has 1 aromatic carbocycles. The Balaban J connectivity index is 2.39. The Morgan fingerprint density at radius 2 is 2.08 bits per heavy atom. The number of benzene rings is 1. The third kappa shape index (κ3) is 4.09. The highest BCUT2D eigenvalue weighted by molar-refractivity contribution is 6.31. The van der Waals surface area contributed by atoms with E-state index in [4.69, 9.17) is 16.3 Å². The minimum atomic E-state index is -0.524. The van der Waals surface area contributed by atoms with Crippen LogP contribution in [-0.2, 0) is 4.74 Å². The molecule has 8 nitrogen and oxygen atoms in total. The number of nitrogens with zero attached hydrogens (tertiary/aromatic N) is 3. The number of anilines is 3. The van der Waals surface area contributed by atoms with Crippen LogP contribution in [0.1, 0.15) is 12.5 Å². The molecule has 2 aromatic rings. The molecular weight excluding hydrogens is 334 g/mol. The summed E-state index contributed by atoms with van der Waals surface area (Å²) >= 11 is 6.08. The van der Waals surface area contributed by atoms with Crippen molar-refractivity contribution in [3.63, 3.8) is 0 Å². The van der Waals surface area contributed by atoms with E-state index < -0.39 is 4.92 Å². The number of nitrogens with one attached hydrogen (secondary N) is 2. The molecule has 0 bridgehead atoms. The maximum Gasteiger partial charge on any atom is 0.353 e. The molecule has 9 heteroatoms. The fraction of sp³-hybridized carbons (Fsp3) is 0.333. The Kier molecular flexibility index (Phi) is 5.88. The highest BCUT2D eigenvalue weighted by Gasteiger charge is 2.24. The standard InChI is InChI=1S/C15H18ClN5O3/c1-9(7-24-3)19-14-13(21(22)23)15(18-8-17-14)20-12-6-4-5-11(16)10(12)2/h4-6,8-9H,7H2,1-3H3,(H2,17,18,19,20). The molecule has 2 rings (SSSR count). The van der Waals surface area contributed by atoms with Crippen molar-refractivity contribution in [2.75, 3.05) is 24.4 Å². The zero-order valence-electron chi connectivity index (χ0n) is 13.5. The Morgan fingerprint density at radius 3 is 2.75 bits per heavy atom. The predicted octanol–water partition coefficient (Wildman–Crippen LogP) is 3.54. The van der Waals surface area contributed by atoms with Crippen LogP contribution in [0.25, 0.3) is 0 Å². The van der Waals surface area contributed by atoms with E-state index in [0.29, 0.717) is 17.3 Å². The van der Waals surface area contributed by atoms with Gasteiger partial charge in [0.1, 0.15) is 6.33 Å². The maximum absolute atomic E-state index is 11.5. The van der Waals surface area contributed by atoms with Gasteiger partial charge in [-0.05, 0) is 31.5 Å². The van der Waals surface area contributed by atoms with Crippen LogP contribution < -0.4 is 10.6 Å². The summed E-state index contributed by atoms with van der Waals surface area (Å²) in [4.78, 5) is 19.0. The lowest BCUT2D eigenvalue weighted by atomic mass is 10.2. The van der Waals surface area contributed by atoms with Crippen molar-refractivity contribution in [3.05, 3.63) is 45.2 Å². The Morgan fingerprint density at radius 1 is 1.38 bits per heavy atom. The Labute approximate surface area is 144 Å². The van der Waals surface area contributed by atoms with Crippen LogP contribution in [0, 0.1) is 17.0 Å². The zero-order chi connectivity index (χ0) is 17.7. The summed E-state index contributed by atoms with van der Waals surface area (Å²) in [6, 6.07) is 5.12. The van der Waals surface area contributed by atoms with Gasteiger partial charge in [-0.25, -0.2) is 9.97 Å². The minimum Gasteiger partial charge on any atom is -0.383 e. The number of halogens is 1. The lowest BCUT2D eigenvalue weighted by molar-refractivity contribution is -0.383. The number of nitro groups is 1. The first kappa shape index (κ1) is 17.9. The highest BCUT2D eigenvalue weighted by atomic mass is 35.5. The van der Waals surface area contributed by atoms with Crippen LogP contribution in [0.4, 0.5) is 23.0 Å². The minimum absolute atomic E-state index is 0.0903. The van der Waals surface area contributed by atoms with Gasteiger partial charge in [0.25, 0.3) is 0 Å². The van der Waals surface area contributed by atoms with Gasteiger partial charge in [0.05, 0.1) is 11.5 Å². The summed E-state index contributed by atoms with van der Waals surface area (Å²) in [6.45, 7) is 4.04. The lowest BCUT2D eigenvalue weighted by Crippen LogP contribution is -2.22. The molecule has 1 unspecified atom stereocenters. The van der Waals surface area contributed by atoms with Gasteiger partial charge in [-0.15, -0.1) is 0 Å². The van der Waals surface area contributed by atoms with Crippen molar-refractivity contribution >= 4 is 34.6 Å². The van der Waals surface area contributed by atoms with Crippen molar-refractivity contribution in [2.45, 2.75) is 19.9 Å². The van der Waals surface area contributed by atoms with Gasteiger partial charge in [0.2, 0.25) is 11.6 Å². The topological polar surface area (TPSA) is 102 Å². The summed E-state index contributed by atoms with van der Waals surface area (Å²) in [5, 5.41) is 18.0. The molecule has 1 heterocycles. The smallest absolute Gasteiger partial charge is 0.353 e. The SMILES string of the molecule is COCC(C)Nc1ncnc(Nc2cccc(Cl)c2C)c1[N+](=O)[O-]. The molecule has 0 fully saturated rings. The van der Waals surface area contributed by atoms with Crippen LogP contribution in [0.15, 0.2) is 24.5 Å². The number of hydrogen-bond acceptors (Lipinski definition) is 7.